The van der Waals surface area contributed by atoms with Crippen molar-refractivity contribution in [3.05, 3.63) is 17.5 Å². The minimum atomic E-state index is -1.30. The molecule has 0 aromatic carbocycles. The first kappa shape index (κ1) is 18.7. The lowest BCUT2D eigenvalue weighted by Gasteiger charge is -2.26. The molecule has 3 rings (SSSR count). The number of rotatable bonds is 4. The number of nitrogens with zero attached hydrogens (tertiary/aromatic N) is 3. The molecule has 1 aliphatic heterocycles. The van der Waals surface area contributed by atoms with Crippen LogP contribution in [0.4, 0.5) is 5.69 Å². The van der Waals surface area contributed by atoms with E-state index in [-0.39, 0.29) is 11.2 Å². The van der Waals surface area contributed by atoms with Gasteiger partial charge in [-0.15, -0.1) is 13.2 Å². The van der Waals surface area contributed by atoms with Crippen molar-refractivity contribution >= 4 is 41.6 Å². The van der Waals surface area contributed by atoms with Gasteiger partial charge in [0, 0.05) is 6.20 Å². The molecule has 1 aliphatic rings. The topological polar surface area (TPSA) is 106 Å². The highest BCUT2D eigenvalue weighted by Gasteiger charge is 2.47. The summed E-state index contributed by atoms with van der Waals surface area (Å²) in [5, 5.41) is 21.2. The standard InChI is InChI=1S/C16H24ClN4O3P/c1-8(7-25(2,3)4)13-11(22)12(23)15(24-13)21-14-10(20-16(21)17)9(18)5-6-19-14/h5-6,8,11-13,15,22-23H,2,7H2,1,3-4H3,(H2,18,19)/t8?,11-,12+,13+,15+/m0/s1. The van der Waals surface area contributed by atoms with Crippen molar-refractivity contribution in [2.24, 2.45) is 5.92 Å². The van der Waals surface area contributed by atoms with Crippen LogP contribution in [0.5, 0.6) is 0 Å². The Labute approximate surface area is 151 Å². The zero-order valence-corrected chi connectivity index (χ0v) is 16.2. The van der Waals surface area contributed by atoms with Gasteiger partial charge in [0.1, 0.15) is 17.7 Å². The van der Waals surface area contributed by atoms with Crippen LogP contribution in [0.1, 0.15) is 13.2 Å². The summed E-state index contributed by atoms with van der Waals surface area (Å²) >= 11 is 6.25. The molecule has 138 valence electrons. The minimum Gasteiger partial charge on any atom is -0.397 e. The summed E-state index contributed by atoms with van der Waals surface area (Å²) in [6, 6.07) is 1.63. The molecule has 0 spiro atoms. The monoisotopic (exact) mass is 386 g/mol. The Kier molecular flexibility index (Phi) is 4.90. The first-order valence-electron chi connectivity index (χ1n) is 8.07. The Bertz CT molecular complexity index is 836. The van der Waals surface area contributed by atoms with Gasteiger partial charge in [-0.2, -0.15) is 0 Å². The SMILES string of the molecule is C=P(C)(C)CC(C)[C@H]1O[C@@H](n2c(Cl)nc3c(N)ccnc32)[C@H](O)[C@@H]1O. The van der Waals surface area contributed by atoms with E-state index in [1.165, 1.54) is 4.57 Å². The number of fused-ring (bicyclic) bond motifs is 1. The van der Waals surface area contributed by atoms with Crippen LogP contribution in [0.15, 0.2) is 12.3 Å². The van der Waals surface area contributed by atoms with Crippen molar-refractivity contribution in [1.29, 1.82) is 0 Å². The summed E-state index contributed by atoms with van der Waals surface area (Å²) in [6.07, 6.45) is 3.04. The third-order valence-electron chi connectivity index (χ3n) is 4.44. The largest absolute Gasteiger partial charge is 0.397 e. The molecular formula is C16H24ClN4O3P. The fraction of sp³-hybridized carbons (Fsp3) is 0.562. The van der Waals surface area contributed by atoms with E-state index in [4.69, 9.17) is 22.1 Å². The van der Waals surface area contributed by atoms with Crippen molar-refractivity contribution in [3.8, 4) is 0 Å². The molecule has 0 saturated carbocycles. The minimum absolute atomic E-state index is 0.0436. The zero-order valence-electron chi connectivity index (χ0n) is 14.5. The van der Waals surface area contributed by atoms with Gasteiger partial charge in [0.15, 0.2) is 11.9 Å². The van der Waals surface area contributed by atoms with Crippen molar-refractivity contribution in [2.75, 3.05) is 25.2 Å². The number of pyridine rings is 1. The van der Waals surface area contributed by atoms with Crippen molar-refractivity contribution < 1.29 is 14.9 Å². The number of halogens is 1. The Morgan fingerprint density at radius 2 is 2.12 bits per heavy atom. The van der Waals surface area contributed by atoms with Crippen LogP contribution in [-0.4, -0.2) is 68.9 Å². The van der Waals surface area contributed by atoms with E-state index in [0.717, 1.165) is 6.16 Å². The van der Waals surface area contributed by atoms with Crippen LogP contribution in [0.2, 0.25) is 5.28 Å². The third-order valence-corrected chi connectivity index (χ3v) is 6.27. The maximum Gasteiger partial charge on any atom is 0.207 e. The van der Waals surface area contributed by atoms with Crippen LogP contribution in [-0.2, 0) is 4.74 Å². The van der Waals surface area contributed by atoms with E-state index < -0.39 is 31.4 Å². The van der Waals surface area contributed by atoms with E-state index in [2.05, 4.69) is 29.6 Å². The van der Waals surface area contributed by atoms with E-state index in [9.17, 15) is 10.2 Å². The predicted octanol–water partition coefficient (Wildman–Crippen LogP) is 1.63. The molecule has 5 atom stereocenters. The molecule has 1 saturated heterocycles. The number of imidazole rings is 1. The molecule has 0 radical (unpaired) electrons. The van der Waals surface area contributed by atoms with Crippen molar-refractivity contribution in [2.45, 2.75) is 31.5 Å². The number of hydrogen-bond donors (Lipinski definition) is 3. The molecule has 2 aromatic heterocycles. The molecular weight excluding hydrogens is 363 g/mol. The molecule has 0 amide bonds. The van der Waals surface area contributed by atoms with Crippen LogP contribution in [0.3, 0.4) is 0 Å². The number of ether oxygens (including phenoxy) is 1. The van der Waals surface area contributed by atoms with E-state index >= 15 is 0 Å². The quantitative estimate of drug-likeness (QED) is 0.689. The normalized spacial score (nSPS) is 28.6. The molecule has 2 aromatic rings. The molecule has 0 bridgehead atoms. The molecule has 1 unspecified atom stereocenters. The van der Waals surface area contributed by atoms with E-state index in [0.29, 0.717) is 16.9 Å². The molecule has 7 nitrogen and oxygen atoms in total. The lowest BCUT2D eigenvalue weighted by Crippen LogP contribution is -2.36. The van der Waals surface area contributed by atoms with Gasteiger partial charge in [0.05, 0.1) is 11.8 Å². The number of aliphatic hydroxyl groups excluding tert-OH is 2. The molecule has 9 heteroatoms. The number of nitrogens with two attached hydrogens (primary N) is 1. The summed E-state index contributed by atoms with van der Waals surface area (Å²) in [7, 11) is 0. The van der Waals surface area contributed by atoms with Gasteiger partial charge < -0.3 is 20.7 Å². The van der Waals surface area contributed by atoms with Crippen molar-refractivity contribution in [3.63, 3.8) is 0 Å². The first-order valence-corrected chi connectivity index (χ1v) is 11.5. The second kappa shape index (κ2) is 6.56. The summed E-state index contributed by atoms with van der Waals surface area (Å²) in [5.74, 6) is 0.0436. The molecule has 3 heterocycles. The highest BCUT2D eigenvalue weighted by atomic mass is 35.5. The number of nitrogen functional groups attached to an aromatic ring is 1. The third kappa shape index (κ3) is 3.44. The Hall–Kier alpha value is -1.11. The maximum atomic E-state index is 10.6. The van der Waals surface area contributed by atoms with Gasteiger partial charge in [0.2, 0.25) is 5.28 Å². The van der Waals surface area contributed by atoms with E-state index in [1.807, 2.05) is 6.92 Å². The summed E-state index contributed by atoms with van der Waals surface area (Å²) in [4.78, 5) is 8.46. The van der Waals surface area contributed by atoms with Crippen LogP contribution in [0, 0.1) is 5.92 Å². The lowest BCUT2D eigenvalue weighted by molar-refractivity contribution is -0.0485. The first-order chi connectivity index (χ1) is 11.6. The summed E-state index contributed by atoms with van der Waals surface area (Å²) in [6.45, 7) is 4.96. The van der Waals surface area contributed by atoms with Gasteiger partial charge in [-0.25, -0.2) is 9.97 Å². The van der Waals surface area contributed by atoms with Gasteiger partial charge >= 0.3 is 0 Å². The van der Waals surface area contributed by atoms with Crippen molar-refractivity contribution in [1.82, 2.24) is 14.5 Å². The smallest absolute Gasteiger partial charge is 0.207 e. The summed E-state index contributed by atoms with van der Waals surface area (Å²) < 4.78 is 7.50. The average molecular weight is 387 g/mol. The molecule has 1 fully saturated rings. The predicted molar refractivity (Wildman–Crippen MR) is 103 cm³/mol. The Morgan fingerprint density at radius 1 is 1.44 bits per heavy atom. The van der Waals surface area contributed by atoms with E-state index in [1.54, 1.807) is 12.3 Å². The fourth-order valence-corrected chi connectivity index (χ4v) is 5.49. The van der Waals surface area contributed by atoms with Gasteiger partial charge in [-0.1, -0.05) is 6.92 Å². The highest BCUT2D eigenvalue weighted by molar-refractivity contribution is 7.72. The summed E-state index contributed by atoms with van der Waals surface area (Å²) in [5.41, 5.74) is 7.21. The number of hydrogen-bond acceptors (Lipinski definition) is 6. The number of aromatic nitrogens is 3. The van der Waals surface area contributed by atoms with Gasteiger partial charge in [0.25, 0.3) is 0 Å². The molecule has 0 aliphatic carbocycles. The Balaban J connectivity index is 1.96. The Morgan fingerprint density at radius 3 is 2.76 bits per heavy atom. The van der Waals surface area contributed by atoms with Crippen LogP contribution < -0.4 is 5.73 Å². The molecule has 4 N–H and O–H groups in total. The molecule has 25 heavy (non-hydrogen) atoms. The average Bonchev–Trinajstić information content (AvgIpc) is 2.97. The second-order valence-electron chi connectivity index (χ2n) is 7.39. The zero-order chi connectivity index (χ0) is 18.5. The highest BCUT2D eigenvalue weighted by Crippen LogP contribution is 2.43. The number of aliphatic hydroxyl groups is 2. The van der Waals surface area contributed by atoms with Gasteiger partial charge in [-0.3, -0.25) is 4.57 Å². The van der Waals surface area contributed by atoms with Crippen LogP contribution >= 0.6 is 18.5 Å². The fourth-order valence-electron chi connectivity index (χ4n) is 3.46. The lowest BCUT2D eigenvalue weighted by atomic mass is 10.0. The van der Waals surface area contributed by atoms with Gasteiger partial charge in [-0.05, 0) is 43.1 Å². The van der Waals surface area contributed by atoms with Crippen LogP contribution in [0.25, 0.3) is 11.2 Å². The second-order valence-corrected chi connectivity index (χ2v) is 12.0. The number of anilines is 1. The maximum absolute atomic E-state index is 10.6.